The van der Waals surface area contributed by atoms with E-state index in [0.717, 1.165) is 12.8 Å². The van der Waals surface area contributed by atoms with E-state index >= 15 is 0 Å². The molecule has 20 heavy (non-hydrogen) atoms. The molecule has 0 fully saturated rings. The zero-order chi connectivity index (χ0) is 13.8. The van der Waals surface area contributed by atoms with Crippen molar-refractivity contribution in [3.8, 4) is 0 Å². The van der Waals surface area contributed by atoms with Gasteiger partial charge in [-0.05, 0) is 48.4 Å². The number of carbonyl (C=O) groups excluding carboxylic acids is 1. The van der Waals surface area contributed by atoms with Crippen LogP contribution in [0.3, 0.4) is 0 Å². The van der Waals surface area contributed by atoms with Crippen LogP contribution >= 0.6 is 0 Å². The van der Waals surface area contributed by atoms with E-state index in [1.54, 1.807) is 12.3 Å². The van der Waals surface area contributed by atoms with Crippen molar-refractivity contribution in [2.24, 2.45) is 0 Å². The molecule has 3 heteroatoms. The topological polar surface area (TPSA) is 42.0 Å². The summed E-state index contributed by atoms with van der Waals surface area (Å²) in [4.78, 5) is 15.9. The van der Waals surface area contributed by atoms with Gasteiger partial charge in [0.2, 0.25) is 0 Å². The summed E-state index contributed by atoms with van der Waals surface area (Å²) < 4.78 is 0. The van der Waals surface area contributed by atoms with Crippen LogP contribution in [0.2, 0.25) is 0 Å². The van der Waals surface area contributed by atoms with Gasteiger partial charge in [0.05, 0.1) is 0 Å². The monoisotopic (exact) mass is 266 g/mol. The molecule has 0 bridgehead atoms. The summed E-state index contributed by atoms with van der Waals surface area (Å²) in [6.07, 6.45) is 4.99. The molecule has 1 N–H and O–H groups in total. The number of nitrogens with zero attached hydrogens (tertiary/aromatic N) is 1. The van der Waals surface area contributed by atoms with Crippen LogP contribution in [0.4, 0.5) is 0 Å². The highest BCUT2D eigenvalue weighted by Gasteiger charge is 2.21. The van der Waals surface area contributed by atoms with Crippen LogP contribution in [0, 0.1) is 0 Å². The Morgan fingerprint density at radius 1 is 1.20 bits per heavy atom. The second-order valence-electron chi connectivity index (χ2n) is 5.19. The number of amides is 1. The third-order valence-corrected chi connectivity index (χ3v) is 3.93. The van der Waals surface area contributed by atoms with Gasteiger partial charge in [0.15, 0.2) is 0 Å². The lowest BCUT2D eigenvalue weighted by Gasteiger charge is -2.12. The molecule has 1 unspecified atom stereocenters. The summed E-state index contributed by atoms with van der Waals surface area (Å²) in [5.41, 5.74) is 3.41. The highest BCUT2D eigenvalue weighted by molar-refractivity contribution is 5.92. The fourth-order valence-corrected chi connectivity index (χ4v) is 2.89. The summed E-state index contributed by atoms with van der Waals surface area (Å²) in [6.45, 7) is 0.703. The molecule has 1 aromatic heterocycles. The van der Waals surface area contributed by atoms with E-state index in [-0.39, 0.29) is 5.91 Å². The number of hydrogen-bond acceptors (Lipinski definition) is 2. The van der Waals surface area contributed by atoms with Crippen molar-refractivity contribution >= 4 is 5.91 Å². The molecular formula is C17H18N2O. The van der Waals surface area contributed by atoms with Gasteiger partial charge in [-0.25, -0.2) is 0 Å². The molecule has 2 aromatic rings. The van der Waals surface area contributed by atoms with Gasteiger partial charge < -0.3 is 5.32 Å². The maximum atomic E-state index is 11.9. The number of nitrogens with one attached hydrogen (secondary N) is 1. The molecule has 0 spiro atoms. The number of carbonyl (C=O) groups is 1. The van der Waals surface area contributed by atoms with Crippen molar-refractivity contribution in [3.05, 3.63) is 65.5 Å². The fourth-order valence-electron chi connectivity index (χ4n) is 2.89. The van der Waals surface area contributed by atoms with Crippen LogP contribution in [0.1, 0.15) is 40.4 Å². The van der Waals surface area contributed by atoms with E-state index < -0.39 is 0 Å². The van der Waals surface area contributed by atoms with Gasteiger partial charge in [0, 0.05) is 12.7 Å². The van der Waals surface area contributed by atoms with E-state index in [0.29, 0.717) is 18.2 Å². The maximum absolute atomic E-state index is 11.9. The Hall–Kier alpha value is -2.16. The average molecular weight is 266 g/mol. The Kier molecular flexibility index (Phi) is 3.77. The first-order chi connectivity index (χ1) is 9.84. The number of fused-ring (bicyclic) bond motifs is 1. The molecular weight excluding hydrogens is 248 g/mol. The van der Waals surface area contributed by atoms with E-state index in [1.807, 2.05) is 12.1 Å². The molecule has 3 rings (SSSR count). The van der Waals surface area contributed by atoms with Crippen LogP contribution < -0.4 is 5.32 Å². The quantitative estimate of drug-likeness (QED) is 0.924. The molecule has 102 valence electrons. The first kappa shape index (κ1) is 12.9. The molecule has 1 aliphatic rings. The predicted molar refractivity (Wildman–Crippen MR) is 78.7 cm³/mol. The number of rotatable bonds is 4. The third-order valence-electron chi connectivity index (χ3n) is 3.93. The lowest BCUT2D eigenvalue weighted by atomic mass is 9.98. The lowest BCUT2D eigenvalue weighted by molar-refractivity contribution is 0.0947. The van der Waals surface area contributed by atoms with Gasteiger partial charge >= 0.3 is 0 Å². The Morgan fingerprint density at radius 3 is 2.90 bits per heavy atom. The van der Waals surface area contributed by atoms with Crippen LogP contribution in [-0.2, 0) is 6.42 Å². The molecule has 0 saturated carbocycles. The normalized spacial score (nSPS) is 16.7. The van der Waals surface area contributed by atoms with Crippen molar-refractivity contribution in [1.82, 2.24) is 10.3 Å². The predicted octanol–water partition coefficient (Wildman–Crippen LogP) is 2.93. The summed E-state index contributed by atoms with van der Waals surface area (Å²) in [7, 11) is 0. The minimum absolute atomic E-state index is 0.0862. The average Bonchev–Trinajstić information content (AvgIpc) is 2.92. The van der Waals surface area contributed by atoms with Gasteiger partial charge in [-0.1, -0.05) is 30.3 Å². The van der Waals surface area contributed by atoms with Gasteiger partial charge in [0.1, 0.15) is 5.69 Å². The van der Waals surface area contributed by atoms with Crippen molar-refractivity contribution in [3.63, 3.8) is 0 Å². The molecule has 1 aliphatic carbocycles. The lowest BCUT2D eigenvalue weighted by Crippen LogP contribution is -2.26. The van der Waals surface area contributed by atoms with Gasteiger partial charge in [-0.3, -0.25) is 9.78 Å². The van der Waals surface area contributed by atoms with Crippen molar-refractivity contribution in [2.75, 3.05) is 6.54 Å². The fraction of sp³-hybridized carbons (Fsp3) is 0.294. The third kappa shape index (κ3) is 2.72. The van der Waals surface area contributed by atoms with Crippen molar-refractivity contribution < 1.29 is 4.79 Å². The smallest absolute Gasteiger partial charge is 0.269 e. The van der Waals surface area contributed by atoms with E-state index in [4.69, 9.17) is 0 Å². The largest absolute Gasteiger partial charge is 0.351 e. The van der Waals surface area contributed by atoms with Crippen LogP contribution in [0.25, 0.3) is 0 Å². The van der Waals surface area contributed by atoms with Crippen LogP contribution in [-0.4, -0.2) is 17.4 Å². The summed E-state index contributed by atoms with van der Waals surface area (Å²) in [6, 6.07) is 14.0. The maximum Gasteiger partial charge on any atom is 0.269 e. The molecule has 1 heterocycles. The van der Waals surface area contributed by atoms with Gasteiger partial charge in [-0.2, -0.15) is 0 Å². The Balaban J connectivity index is 1.53. The molecule has 0 radical (unpaired) electrons. The van der Waals surface area contributed by atoms with Gasteiger partial charge in [-0.15, -0.1) is 0 Å². The molecule has 1 amide bonds. The van der Waals surface area contributed by atoms with Crippen molar-refractivity contribution in [1.29, 1.82) is 0 Å². The molecule has 1 aromatic carbocycles. The van der Waals surface area contributed by atoms with Gasteiger partial charge in [0.25, 0.3) is 5.91 Å². The number of benzene rings is 1. The van der Waals surface area contributed by atoms with Crippen LogP contribution in [0.15, 0.2) is 48.7 Å². The summed E-state index contributed by atoms with van der Waals surface area (Å²) >= 11 is 0. The minimum Gasteiger partial charge on any atom is -0.351 e. The second kappa shape index (κ2) is 5.87. The second-order valence-corrected chi connectivity index (χ2v) is 5.19. The highest BCUT2D eigenvalue weighted by Crippen LogP contribution is 2.34. The first-order valence-electron chi connectivity index (χ1n) is 7.11. The van der Waals surface area contributed by atoms with E-state index in [1.165, 1.54) is 17.5 Å². The zero-order valence-electron chi connectivity index (χ0n) is 11.4. The highest BCUT2D eigenvalue weighted by atomic mass is 16.1. The SMILES string of the molecule is O=C(NCCC1CCc2ccccc21)c1ccccn1. The number of pyridine rings is 1. The molecule has 0 saturated heterocycles. The Bertz CT molecular complexity index is 595. The Labute approximate surface area is 119 Å². The van der Waals surface area contributed by atoms with Crippen LogP contribution in [0.5, 0.6) is 0 Å². The molecule has 0 aliphatic heterocycles. The Morgan fingerprint density at radius 2 is 2.05 bits per heavy atom. The van der Waals surface area contributed by atoms with E-state index in [2.05, 4.69) is 34.6 Å². The molecule has 1 atom stereocenters. The number of aryl methyl sites for hydroxylation is 1. The first-order valence-corrected chi connectivity index (χ1v) is 7.11. The standard InChI is InChI=1S/C17H18N2O/c20-17(16-7-3-4-11-18-16)19-12-10-14-9-8-13-5-1-2-6-15(13)14/h1-7,11,14H,8-10,12H2,(H,19,20). The number of aromatic nitrogens is 1. The molecule has 3 nitrogen and oxygen atoms in total. The minimum atomic E-state index is -0.0862. The summed E-state index contributed by atoms with van der Waals surface area (Å²) in [5.74, 6) is 0.493. The summed E-state index contributed by atoms with van der Waals surface area (Å²) in [5, 5.41) is 2.96. The zero-order valence-corrected chi connectivity index (χ0v) is 11.4. The van der Waals surface area contributed by atoms with E-state index in [9.17, 15) is 4.79 Å². The van der Waals surface area contributed by atoms with Crippen molar-refractivity contribution in [2.45, 2.75) is 25.2 Å². The number of hydrogen-bond donors (Lipinski definition) is 1.